The first-order valence-electron chi connectivity index (χ1n) is 4.96. The highest BCUT2D eigenvalue weighted by Gasteiger charge is 2.44. The molecule has 0 saturated carbocycles. The van der Waals surface area contributed by atoms with Gasteiger partial charge in [0.1, 0.15) is 5.41 Å². The molecule has 5 heteroatoms. The van der Waals surface area contributed by atoms with Crippen LogP contribution in [0.5, 0.6) is 0 Å². The molecule has 0 aromatic heterocycles. The highest BCUT2D eigenvalue weighted by molar-refractivity contribution is 6.34. The topological polar surface area (TPSA) is 49.3 Å². The van der Waals surface area contributed by atoms with Crippen LogP contribution in [-0.4, -0.2) is 24.2 Å². The minimum Gasteiger partial charge on any atom is -0.481 e. The summed E-state index contributed by atoms with van der Waals surface area (Å²) < 4.78 is 0. The SMILES string of the molecule is O=C(O)C1(c2cc(Cl)ccc2Cl)CCNC1. The third-order valence-corrected chi connectivity index (χ3v) is 3.57. The molecular weight excluding hydrogens is 249 g/mol. The Morgan fingerprint density at radius 1 is 1.44 bits per heavy atom. The Balaban J connectivity index is 2.55. The summed E-state index contributed by atoms with van der Waals surface area (Å²) in [6.45, 7) is 1.07. The summed E-state index contributed by atoms with van der Waals surface area (Å²) in [5.41, 5.74) is -0.346. The summed E-state index contributed by atoms with van der Waals surface area (Å²) in [6.07, 6.45) is 0.530. The van der Waals surface area contributed by atoms with Crippen molar-refractivity contribution in [1.82, 2.24) is 5.32 Å². The molecule has 0 spiro atoms. The van der Waals surface area contributed by atoms with E-state index in [1.54, 1.807) is 18.2 Å². The quantitative estimate of drug-likeness (QED) is 0.857. The standard InChI is InChI=1S/C11H11Cl2NO2/c12-7-1-2-9(13)8(5-7)11(10(15)16)3-4-14-6-11/h1-2,5,14H,3-4,6H2,(H,15,16). The molecule has 2 N–H and O–H groups in total. The lowest BCUT2D eigenvalue weighted by Crippen LogP contribution is -2.38. The van der Waals surface area contributed by atoms with E-state index in [2.05, 4.69) is 5.32 Å². The Kier molecular flexibility index (Phi) is 3.10. The maximum Gasteiger partial charge on any atom is 0.315 e. The van der Waals surface area contributed by atoms with Crippen molar-refractivity contribution in [2.45, 2.75) is 11.8 Å². The molecule has 0 amide bonds. The first-order valence-corrected chi connectivity index (χ1v) is 5.71. The smallest absolute Gasteiger partial charge is 0.315 e. The van der Waals surface area contributed by atoms with Crippen LogP contribution in [0, 0.1) is 0 Å². The fourth-order valence-electron chi connectivity index (χ4n) is 2.08. The van der Waals surface area contributed by atoms with Gasteiger partial charge in [-0.05, 0) is 36.7 Å². The number of rotatable bonds is 2. The zero-order chi connectivity index (χ0) is 11.8. The molecule has 0 radical (unpaired) electrons. The highest BCUT2D eigenvalue weighted by Crippen LogP contribution is 2.37. The number of carbonyl (C=O) groups is 1. The predicted octanol–water partition coefficient (Wildman–Crippen LogP) is 2.31. The van der Waals surface area contributed by atoms with Crippen LogP contribution >= 0.6 is 23.2 Å². The summed E-state index contributed by atoms with van der Waals surface area (Å²) >= 11 is 12.0. The second-order valence-electron chi connectivity index (χ2n) is 3.94. The zero-order valence-corrected chi connectivity index (χ0v) is 9.98. The molecule has 1 unspecified atom stereocenters. The first kappa shape index (κ1) is 11.7. The van der Waals surface area contributed by atoms with E-state index < -0.39 is 11.4 Å². The Hall–Kier alpha value is -0.770. The third-order valence-electron chi connectivity index (χ3n) is 3.01. The van der Waals surface area contributed by atoms with Crippen molar-refractivity contribution < 1.29 is 9.90 Å². The van der Waals surface area contributed by atoms with Crippen molar-refractivity contribution in [3.63, 3.8) is 0 Å². The lowest BCUT2D eigenvalue weighted by Gasteiger charge is -2.24. The number of benzene rings is 1. The predicted molar refractivity (Wildman–Crippen MR) is 63.3 cm³/mol. The van der Waals surface area contributed by atoms with Gasteiger partial charge in [0.2, 0.25) is 0 Å². The van der Waals surface area contributed by atoms with Crippen LogP contribution in [-0.2, 0) is 10.2 Å². The molecule has 3 nitrogen and oxygen atoms in total. The fraction of sp³-hybridized carbons (Fsp3) is 0.364. The van der Waals surface area contributed by atoms with Gasteiger partial charge in [0, 0.05) is 16.6 Å². The van der Waals surface area contributed by atoms with Gasteiger partial charge in [0.05, 0.1) is 0 Å². The van der Waals surface area contributed by atoms with Gasteiger partial charge in [-0.3, -0.25) is 4.79 Å². The summed E-state index contributed by atoms with van der Waals surface area (Å²) in [5, 5.41) is 13.4. The van der Waals surface area contributed by atoms with E-state index in [1.165, 1.54) is 0 Å². The Bertz CT molecular complexity index is 428. The van der Waals surface area contributed by atoms with Gasteiger partial charge >= 0.3 is 5.97 Å². The molecule has 1 aliphatic heterocycles. The van der Waals surface area contributed by atoms with E-state index >= 15 is 0 Å². The van der Waals surface area contributed by atoms with Crippen molar-refractivity contribution in [2.24, 2.45) is 0 Å². The van der Waals surface area contributed by atoms with Crippen molar-refractivity contribution >= 4 is 29.2 Å². The Morgan fingerprint density at radius 3 is 2.75 bits per heavy atom. The fourth-order valence-corrected chi connectivity index (χ4v) is 2.55. The molecule has 1 fully saturated rings. The lowest BCUT2D eigenvalue weighted by atomic mass is 9.80. The molecule has 0 aliphatic carbocycles. The van der Waals surface area contributed by atoms with Gasteiger partial charge in [0.15, 0.2) is 0 Å². The van der Waals surface area contributed by atoms with E-state index in [-0.39, 0.29) is 0 Å². The van der Waals surface area contributed by atoms with Gasteiger partial charge in [0.25, 0.3) is 0 Å². The maximum absolute atomic E-state index is 11.4. The summed E-state index contributed by atoms with van der Waals surface area (Å²) in [6, 6.07) is 4.94. The number of carboxylic acids is 1. The van der Waals surface area contributed by atoms with Gasteiger partial charge < -0.3 is 10.4 Å². The van der Waals surface area contributed by atoms with E-state index in [9.17, 15) is 9.90 Å². The summed E-state index contributed by atoms with van der Waals surface area (Å²) in [7, 11) is 0. The molecule has 1 atom stereocenters. The molecule has 1 aromatic rings. The van der Waals surface area contributed by atoms with E-state index in [1.807, 2.05) is 0 Å². The second kappa shape index (κ2) is 4.24. The van der Waals surface area contributed by atoms with E-state index in [4.69, 9.17) is 23.2 Å². The van der Waals surface area contributed by atoms with Gasteiger partial charge in [-0.2, -0.15) is 0 Å². The van der Waals surface area contributed by atoms with Crippen LogP contribution in [0.1, 0.15) is 12.0 Å². The molecule has 1 aromatic carbocycles. The van der Waals surface area contributed by atoms with Crippen molar-refractivity contribution in [1.29, 1.82) is 0 Å². The molecule has 16 heavy (non-hydrogen) atoms. The molecule has 1 aliphatic rings. The molecule has 1 saturated heterocycles. The van der Waals surface area contributed by atoms with Gasteiger partial charge in [-0.15, -0.1) is 0 Å². The number of halogens is 2. The van der Waals surface area contributed by atoms with Crippen molar-refractivity contribution in [2.75, 3.05) is 13.1 Å². The number of nitrogens with one attached hydrogen (secondary N) is 1. The number of aliphatic carboxylic acids is 1. The molecular formula is C11H11Cl2NO2. The van der Waals surface area contributed by atoms with Crippen molar-refractivity contribution in [3.8, 4) is 0 Å². The maximum atomic E-state index is 11.4. The lowest BCUT2D eigenvalue weighted by molar-refractivity contribution is -0.143. The van der Waals surface area contributed by atoms with E-state index in [0.717, 1.165) is 0 Å². The normalized spacial score (nSPS) is 24.6. The van der Waals surface area contributed by atoms with Crippen LogP contribution in [0.15, 0.2) is 18.2 Å². The minimum absolute atomic E-state index is 0.391. The second-order valence-corrected chi connectivity index (χ2v) is 4.78. The average molecular weight is 260 g/mol. The molecule has 86 valence electrons. The van der Waals surface area contributed by atoms with Gasteiger partial charge in [-0.25, -0.2) is 0 Å². The summed E-state index contributed by atoms with van der Waals surface area (Å²) in [4.78, 5) is 11.4. The monoisotopic (exact) mass is 259 g/mol. The largest absolute Gasteiger partial charge is 0.481 e. The van der Waals surface area contributed by atoms with Crippen LogP contribution in [0.25, 0.3) is 0 Å². The number of hydrogen-bond donors (Lipinski definition) is 2. The average Bonchev–Trinajstić information content (AvgIpc) is 2.71. The van der Waals surface area contributed by atoms with E-state index in [0.29, 0.717) is 35.1 Å². The molecule has 0 bridgehead atoms. The number of carboxylic acid groups (broad SMARTS) is 1. The zero-order valence-electron chi connectivity index (χ0n) is 8.46. The third kappa shape index (κ3) is 1.79. The van der Waals surface area contributed by atoms with Crippen molar-refractivity contribution in [3.05, 3.63) is 33.8 Å². The summed E-state index contributed by atoms with van der Waals surface area (Å²) in [5.74, 6) is -0.860. The van der Waals surface area contributed by atoms with Crippen LogP contribution in [0.4, 0.5) is 0 Å². The number of hydrogen-bond acceptors (Lipinski definition) is 2. The van der Waals surface area contributed by atoms with Crippen LogP contribution in [0.3, 0.4) is 0 Å². The van der Waals surface area contributed by atoms with Crippen LogP contribution < -0.4 is 5.32 Å². The molecule has 2 rings (SSSR count). The van der Waals surface area contributed by atoms with Crippen LogP contribution in [0.2, 0.25) is 10.0 Å². The highest BCUT2D eigenvalue weighted by atomic mass is 35.5. The minimum atomic E-state index is -0.942. The Morgan fingerprint density at radius 2 is 2.19 bits per heavy atom. The molecule has 1 heterocycles. The Labute approximate surface area is 103 Å². The first-order chi connectivity index (χ1) is 7.56. The van der Waals surface area contributed by atoms with Gasteiger partial charge in [-0.1, -0.05) is 23.2 Å².